The minimum atomic E-state index is -0.0441. The fourth-order valence-corrected chi connectivity index (χ4v) is 10.8. The van der Waals surface area contributed by atoms with Crippen LogP contribution in [-0.2, 0) is 5.41 Å². The Labute approximate surface area is 353 Å². The van der Waals surface area contributed by atoms with E-state index in [9.17, 15) is 0 Å². The first-order valence-corrected chi connectivity index (χ1v) is 21.5. The molecule has 0 bridgehead atoms. The molecule has 0 unspecified atom stereocenters. The van der Waals surface area contributed by atoms with Crippen LogP contribution < -0.4 is 4.90 Å². The highest BCUT2D eigenvalue weighted by atomic mass is 32.1. The minimum absolute atomic E-state index is 0.0441. The van der Waals surface area contributed by atoms with Crippen molar-refractivity contribution >= 4 is 70.5 Å². The Balaban J connectivity index is 0.926. The fraction of sp³-hybridized carbons (Fsp3) is 0.0526. The van der Waals surface area contributed by atoms with Crippen LogP contribution in [0.15, 0.2) is 205 Å². The van der Waals surface area contributed by atoms with Gasteiger partial charge < -0.3 is 9.32 Å². The zero-order valence-electron chi connectivity index (χ0n) is 33.3. The second-order valence-electron chi connectivity index (χ2n) is 16.5. The van der Waals surface area contributed by atoms with Crippen LogP contribution in [0.25, 0.3) is 86.6 Å². The quantitative estimate of drug-likeness (QED) is 0.167. The van der Waals surface area contributed by atoms with Gasteiger partial charge in [-0.25, -0.2) is 0 Å². The first kappa shape index (κ1) is 34.8. The summed E-state index contributed by atoms with van der Waals surface area (Å²) in [4.78, 5) is 2.37. The van der Waals surface area contributed by atoms with Crippen molar-refractivity contribution in [1.82, 2.24) is 0 Å². The first-order chi connectivity index (χ1) is 29.5. The molecule has 0 aliphatic heterocycles. The minimum Gasteiger partial charge on any atom is -0.456 e. The molecule has 12 rings (SSSR count). The summed E-state index contributed by atoms with van der Waals surface area (Å²) in [6.45, 7) is 4.69. The molecule has 0 saturated carbocycles. The SMILES string of the molecule is CC1(C)c2ccccc2-c2ccc(-c3ccc(N(c4ccc(-c5ccc6oc7ccccc7c6c5)cc4)c4ccc(-c5cccc6c5sc5ccccc56)cc4)cc3)cc21. The van der Waals surface area contributed by atoms with E-state index in [-0.39, 0.29) is 5.41 Å². The number of para-hydroxylation sites is 1. The van der Waals surface area contributed by atoms with E-state index in [1.54, 1.807) is 0 Å². The third kappa shape index (κ3) is 5.47. The Morgan fingerprint density at radius 3 is 1.67 bits per heavy atom. The van der Waals surface area contributed by atoms with E-state index in [2.05, 4.69) is 207 Å². The average Bonchev–Trinajstić information content (AvgIpc) is 3.94. The Bertz CT molecular complexity index is 3440. The van der Waals surface area contributed by atoms with Crippen molar-refractivity contribution in [2.45, 2.75) is 19.3 Å². The molecule has 0 fully saturated rings. The zero-order chi connectivity index (χ0) is 40.0. The maximum Gasteiger partial charge on any atom is 0.135 e. The van der Waals surface area contributed by atoms with Gasteiger partial charge in [0.25, 0.3) is 0 Å². The highest BCUT2D eigenvalue weighted by molar-refractivity contribution is 7.26. The number of rotatable bonds is 6. The van der Waals surface area contributed by atoms with Crippen LogP contribution in [0.1, 0.15) is 25.0 Å². The van der Waals surface area contributed by atoms with Crippen molar-refractivity contribution in [3.8, 4) is 44.5 Å². The summed E-state index contributed by atoms with van der Waals surface area (Å²) in [5.74, 6) is 0. The highest BCUT2D eigenvalue weighted by Crippen LogP contribution is 2.50. The molecule has 0 N–H and O–H groups in total. The van der Waals surface area contributed by atoms with Crippen LogP contribution in [0.3, 0.4) is 0 Å². The zero-order valence-corrected chi connectivity index (χ0v) is 34.1. The molecule has 284 valence electrons. The molecule has 60 heavy (non-hydrogen) atoms. The van der Waals surface area contributed by atoms with Gasteiger partial charge in [-0.15, -0.1) is 11.3 Å². The summed E-state index contributed by atoms with van der Waals surface area (Å²) in [7, 11) is 0. The van der Waals surface area contributed by atoms with Crippen LogP contribution >= 0.6 is 11.3 Å². The molecule has 1 aliphatic carbocycles. The van der Waals surface area contributed by atoms with E-state index < -0.39 is 0 Å². The number of hydrogen-bond acceptors (Lipinski definition) is 3. The lowest BCUT2D eigenvalue weighted by atomic mass is 9.81. The van der Waals surface area contributed by atoms with Crippen molar-refractivity contribution in [3.63, 3.8) is 0 Å². The van der Waals surface area contributed by atoms with Gasteiger partial charge in [0, 0.05) is 53.4 Å². The number of anilines is 3. The van der Waals surface area contributed by atoms with E-state index in [0.717, 1.165) is 50.1 Å². The molecule has 2 nitrogen and oxygen atoms in total. The lowest BCUT2D eigenvalue weighted by molar-refractivity contribution is 0.660. The third-order valence-corrected chi connectivity index (χ3v) is 13.9. The molecule has 0 saturated heterocycles. The van der Waals surface area contributed by atoms with Gasteiger partial charge in [-0.3, -0.25) is 0 Å². The Hall–Kier alpha value is -7.20. The van der Waals surface area contributed by atoms with Gasteiger partial charge in [0.2, 0.25) is 0 Å². The Morgan fingerprint density at radius 1 is 0.383 bits per heavy atom. The first-order valence-electron chi connectivity index (χ1n) is 20.7. The summed E-state index contributed by atoms with van der Waals surface area (Å²) in [6.07, 6.45) is 0. The van der Waals surface area contributed by atoms with Gasteiger partial charge in [-0.1, -0.05) is 147 Å². The summed E-state index contributed by atoms with van der Waals surface area (Å²) >= 11 is 1.88. The standard InChI is InChI=1S/C57H39NOS/c1-57(2)51-15-6-3-10-45(51)46-32-24-40(35-52(46)57)37-20-28-42(29-21-37)58(41-26-18-36(19-27-41)39-25-33-54-50(34-39)47-11-4-7-16-53(47)59-54)43-30-22-38(23-31-43)44-13-9-14-49-48-12-5-8-17-55(48)60-56(44)49/h3-35H,1-2H3. The van der Waals surface area contributed by atoms with Gasteiger partial charge >= 0.3 is 0 Å². The topological polar surface area (TPSA) is 16.4 Å². The molecule has 0 amide bonds. The molecular formula is C57H39NOS. The van der Waals surface area contributed by atoms with E-state index in [1.807, 2.05) is 23.5 Å². The van der Waals surface area contributed by atoms with E-state index in [0.29, 0.717) is 0 Å². The molecule has 0 atom stereocenters. The molecule has 3 heteroatoms. The number of thiophene rings is 1. The van der Waals surface area contributed by atoms with Crippen molar-refractivity contribution in [3.05, 3.63) is 211 Å². The van der Waals surface area contributed by atoms with Gasteiger partial charge in [0.15, 0.2) is 0 Å². The molecule has 1 aliphatic rings. The smallest absolute Gasteiger partial charge is 0.135 e. The molecular weight excluding hydrogens is 747 g/mol. The Kier molecular flexibility index (Phi) is 7.79. The largest absolute Gasteiger partial charge is 0.456 e. The van der Waals surface area contributed by atoms with Crippen molar-refractivity contribution in [1.29, 1.82) is 0 Å². The van der Waals surface area contributed by atoms with Gasteiger partial charge in [0.1, 0.15) is 11.2 Å². The summed E-state index contributed by atoms with van der Waals surface area (Å²) < 4.78 is 8.78. The number of furan rings is 1. The molecule has 2 heterocycles. The monoisotopic (exact) mass is 785 g/mol. The van der Waals surface area contributed by atoms with Crippen LogP contribution in [0.4, 0.5) is 17.1 Å². The maximum atomic E-state index is 6.14. The second kappa shape index (κ2) is 13.4. The maximum absolute atomic E-state index is 6.14. The number of benzene rings is 9. The predicted molar refractivity (Wildman–Crippen MR) is 255 cm³/mol. The van der Waals surface area contributed by atoms with Crippen molar-refractivity contribution < 1.29 is 4.42 Å². The molecule has 0 radical (unpaired) electrons. The third-order valence-electron chi connectivity index (χ3n) is 12.7. The lowest BCUT2D eigenvalue weighted by Gasteiger charge is -2.26. The van der Waals surface area contributed by atoms with Crippen LogP contribution in [0, 0.1) is 0 Å². The Morgan fingerprint density at radius 2 is 0.917 bits per heavy atom. The molecule has 11 aromatic rings. The van der Waals surface area contributed by atoms with Crippen molar-refractivity contribution in [2.24, 2.45) is 0 Å². The lowest BCUT2D eigenvalue weighted by Crippen LogP contribution is -2.14. The highest BCUT2D eigenvalue weighted by Gasteiger charge is 2.35. The van der Waals surface area contributed by atoms with E-state index in [4.69, 9.17) is 4.42 Å². The average molecular weight is 786 g/mol. The molecule has 0 spiro atoms. The summed E-state index contributed by atoms with van der Waals surface area (Å²) in [5.41, 5.74) is 17.8. The molecule has 2 aromatic heterocycles. The van der Waals surface area contributed by atoms with Crippen LogP contribution in [0.5, 0.6) is 0 Å². The summed E-state index contributed by atoms with van der Waals surface area (Å²) in [6, 6.07) is 73.1. The summed E-state index contributed by atoms with van der Waals surface area (Å²) in [5, 5.41) is 4.91. The fourth-order valence-electron chi connectivity index (χ4n) is 9.61. The number of fused-ring (bicyclic) bond motifs is 9. The number of hydrogen-bond donors (Lipinski definition) is 0. The van der Waals surface area contributed by atoms with Crippen LogP contribution in [0.2, 0.25) is 0 Å². The molecule has 9 aromatic carbocycles. The van der Waals surface area contributed by atoms with E-state index in [1.165, 1.54) is 64.7 Å². The van der Waals surface area contributed by atoms with E-state index >= 15 is 0 Å². The van der Waals surface area contributed by atoms with Gasteiger partial charge in [-0.2, -0.15) is 0 Å². The number of nitrogens with zero attached hydrogens (tertiary/aromatic N) is 1. The predicted octanol–water partition coefficient (Wildman–Crippen LogP) is 16.7. The normalized spacial score (nSPS) is 13.0. The second-order valence-corrected chi connectivity index (χ2v) is 17.5. The van der Waals surface area contributed by atoms with Crippen molar-refractivity contribution in [2.75, 3.05) is 4.90 Å². The van der Waals surface area contributed by atoms with Gasteiger partial charge in [0.05, 0.1) is 0 Å². The van der Waals surface area contributed by atoms with Crippen LogP contribution in [-0.4, -0.2) is 0 Å². The van der Waals surface area contributed by atoms with Gasteiger partial charge in [-0.05, 0) is 122 Å².